The minimum atomic E-state index is -0.210. The number of nitrogens with zero attached hydrogens (tertiary/aromatic N) is 6. The number of hydrogen-bond acceptors (Lipinski definition) is 7. The molecule has 0 unspecified atom stereocenters. The number of nitrogen functional groups attached to an aromatic ring is 1. The molecule has 5 rings (SSSR count). The van der Waals surface area contributed by atoms with E-state index in [9.17, 15) is 0 Å². The van der Waals surface area contributed by atoms with Crippen molar-refractivity contribution in [3.63, 3.8) is 0 Å². The number of hydrogen-bond donors (Lipinski definition) is 1. The summed E-state index contributed by atoms with van der Waals surface area (Å²) in [5.41, 5.74) is 10.5. The van der Waals surface area contributed by atoms with E-state index in [0.717, 1.165) is 41.2 Å². The van der Waals surface area contributed by atoms with Crippen LogP contribution in [0.4, 0.5) is 5.95 Å². The van der Waals surface area contributed by atoms with Crippen LogP contribution in [-0.2, 0) is 12.0 Å². The monoisotopic (exact) mass is 443 g/mol. The maximum atomic E-state index is 5.80. The molecule has 2 N–H and O–H groups in total. The second kappa shape index (κ2) is 8.44. The predicted octanol–water partition coefficient (Wildman–Crippen LogP) is 3.85. The molecular weight excluding hydrogens is 414 g/mol. The summed E-state index contributed by atoms with van der Waals surface area (Å²) in [6, 6.07) is 10.7. The van der Waals surface area contributed by atoms with E-state index in [1.807, 2.05) is 17.1 Å². The maximum absolute atomic E-state index is 5.80. The van der Waals surface area contributed by atoms with Gasteiger partial charge in [0.15, 0.2) is 5.76 Å². The van der Waals surface area contributed by atoms with Crippen molar-refractivity contribution < 1.29 is 4.52 Å². The Bertz CT molecular complexity index is 1220. The first kappa shape index (κ1) is 21.3. The number of benzene rings is 1. The van der Waals surface area contributed by atoms with E-state index in [1.165, 1.54) is 18.4 Å². The first-order chi connectivity index (χ1) is 15.9. The number of likely N-dealkylation sites (N-methyl/N-ethyl adjacent to an activating group) is 1. The molecule has 170 valence electrons. The average Bonchev–Trinajstić information content (AvgIpc) is 3.37. The van der Waals surface area contributed by atoms with Crippen molar-refractivity contribution in [2.45, 2.75) is 31.7 Å². The molecule has 3 aromatic heterocycles. The van der Waals surface area contributed by atoms with Gasteiger partial charge in [-0.25, -0.2) is 9.97 Å². The van der Waals surface area contributed by atoms with Crippen LogP contribution >= 0.6 is 0 Å². The van der Waals surface area contributed by atoms with Gasteiger partial charge in [-0.3, -0.25) is 4.68 Å². The second-order valence-electron chi connectivity index (χ2n) is 9.26. The van der Waals surface area contributed by atoms with Crippen molar-refractivity contribution in [1.82, 2.24) is 29.8 Å². The molecule has 1 aromatic carbocycles. The molecular formula is C25H29N7O. The Morgan fingerprint density at radius 2 is 1.79 bits per heavy atom. The van der Waals surface area contributed by atoms with Gasteiger partial charge in [0, 0.05) is 42.2 Å². The summed E-state index contributed by atoms with van der Waals surface area (Å²) < 4.78 is 7.74. The maximum Gasteiger partial charge on any atom is 0.219 e. The van der Waals surface area contributed by atoms with E-state index in [0.29, 0.717) is 5.92 Å². The molecule has 0 spiro atoms. The standard InChI is InChI=1S/C25H29N7O/c1-25(21-8-9-21,20-6-4-17(5-7-20)18-13-27-24(26)28-14-18)23-12-22(33-30-23)19-15-29-32(16-19)11-10-31(2)3/h4-7,12-16,21H,8-11H2,1-3H3,(H2,26,27,28)/t25-/m0/s1. The Kier molecular flexibility index (Phi) is 5.46. The first-order valence-electron chi connectivity index (χ1n) is 11.3. The van der Waals surface area contributed by atoms with Gasteiger partial charge in [-0.15, -0.1) is 0 Å². The van der Waals surface area contributed by atoms with E-state index >= 15 is 0 Å². The van der Waals surface area contributed by atoms with Gasteiger partial charge in [-0.2, -0.15) is 5.10 Å². The summed E-state index contributed by atoms with van der Waals surface area (Å²) in [6.07, 6.45) is 9.74. The summed E-state index contributed by atoms with van der Waals surface area (Å²) in [7, 11) is 4.11. The number of aromatic nitrogens is 5. The van der Waals surface area contributed by atoms with E-state index in [-0.39, 0.29) is 11.4 Å². The summed E-state index contributed by atoms with van der Waals surface area (Å²) in [4.78, 5) is 10.3. The summed E-state index contributed by atoms with van der Waals surface area (Å²) in [5.74, 6) is 1.58. The van der Waals surface area contributed by atoms with Gasteiger partial charge in [-0.1, -0.05) is 29.4 Å². The molecule has 0 radical (unpaired) electrons. The number of rotatable bonds is 8. The van der Waals surface area contributed by atoms with Gasteiger partial charge < -0.3 is 15.2 Å². The van der Waals surface area contributed by atoms with Crippen LogP contribution in [0.2, 0.25) is 0 Å². The third-order valence-corrected chi connectivity index (χ3v) is 6.62. The minimum Gasteiger partial charge on any atom is -0.368 e. The Labute approximate surface area is 193 Å². The van der Waals surface area contributed by atoms with Crippen molar-refractivity contribution in [1.29, 1.82) is 0 Å². The van der Waals surface area contributed by atoms with Crippen LogP contribution in [-0.4, -0.2) is 50.4 Å². The zero-order valence-corrected chi connectivity index (χ0v) is 19.3. The highest BCUT2D eigenvalue weighted by atomic mass is 16.5. The van der Waals surface area contributed by atoms with Gasteiger partial charge in [0.2, 0.25) is 5.95 Å². The summed E-state index contributed by atoms with van der Waals surface area (Å²) >= 11 is 0. The van der Waals surface area contributed by atoms with Crippen molar-refractivity contribution in [2.75, 3.05) is 26.4 Å². The summed E-state index contributed by atoms with van der Waals surface area (Å²) in [5, 5.41) is 8.99. The largest absolute Gasteiger partial charge is 0.368 e. The lowest BCUT2D eigenvalue weighted by molar-refractivity contribution is 0.373. The molecule has 1 fully saturated rings. The van der Waals surface area contributed by atoms with Crippen molar-refractivity contribution in [2.24, 2.45) is 5.92 Å². The fourth-order valence-corrected chi connectivity index (χ4v) is 4.32. The molecule has 1 saturated carbocycles. The Hall–Kier alpha value is -3.52. The van der Waals surface area contributed by atoms with E-state index < -0.39 is 0 Å². The van der Waals surface area contributed by atoms with Gasteiger partial charge >= 0.3 is 0 Å². The lowest BCUT2D eigenvalue weighted by Crippen LogP contribution is -2.26. The molecule has 0 bridgehead atoms. The molecule has 8 nitrogen and oxygen atoms in total. The third kappa shape index (κ3) is 4.26. The molecule has 0 saturated heterocycles. The molecule has 0 amide bonds. The second-order valence-corrected chi connectivity index (χ2v) is 9.26. The topological polar surface area (TPSA) is 98.9 Å². The van der Waals surface area contributed by atoms with Gasteiger partial charge in [0.25, 0.3) is 0 Å². The highest BCUT2D eigenvalue weighted by molar-refractivity contribution is 5.63. The van der Waals surface area contributed by atoms with Crippen LogP contribution in [0.5, 0.6) is 0 Å². The van der Waals surface area contributed by atoms with Crippen LogP contribution in [0.3, 0.4) is 0 Å². The first-order valence-corrected chi connectivity index (χ1v) is 11.3. The van der Waals surface area contributed by atoms with Gasteiger partial charge in [0.1, 0.15) is 0 Å². The molecule has 1 aliphatic rings. The Morgan fingerprint density at radius 1 is 1.06 bits per heavy atom. The third-order valence-electron chi connectivity index (χ3n) is 6.62. The Morgan fingerprint density at radius 3 is 2.45 bits per heavy atom. The fourth-order valence-electron chi connectivity index (χ4n) is 4.32. The van der Waals surface area contributed by atoms with Crippen LogP contribution in [0, 0.1) is 5.92 Å². The Balaban J connectivity index is 1.41. The number of nitrogens with two attached hydrogens (primary N) is 1. The fraction of sp³-hybridized carbons (Fsp3) is 0.360. The minimum absolute atomic E-state index is 0.210. The van der Waals surface area contributed by atoms with Crippen molar-refractivity contribution in [3.8, 4) is 22.5 Å². The van der Waals surface area contributed by atoms with Crippen LogP contribution in [0.1, 0.15) is 31.0 Å². The van der Waals surface area contributed by atoms with Crippen molar-refractivity contribution >= 4 is 5.95 Å². The highest BCUT2D eigenvalue weighted by Gasteiger charge is 2.46. The van der Waals surface area contributed by atoms with Gasteiger partial charge in [0.05, 0.1) is 24.0 Å². The zero-order chi connectivity index (χ0) is 23.0. The van der Waals surface area contributed by atoms with Crippen LogP contribution < -0.4 is 5.73 Å². The average molecular weight is 444 g/mol. The quantitative estimate of drug-likeness (QED) is 0.441. The molecule has 3 heterocycles. The van der Waals surface area contributed by atoms with Crippen LogP contribution in [0.25, 0.3) is 22.5 Å². The van der Waals surface area contributed by atoms with E-state index in [4.69, 9.17) is 10.3 Å². The van der Waals surface area contributed by atoms with Crippen molar-refractivity contribution in [3.05, 3.63) is 66.4 Å². The zero-order valence-electron chi connectivity index (χ0n) is 19.3. The van der Waals surface area contributed by atoms with Gasteiger partial charge in [-0.05, 0) is 50.9 Å². The highest BCUT2D eigenvalue weighted by Crippen LogP contribution is 2.51. The normalized spacial score (nSPS) is 15.6. The molecule has 4 aromatic rings. The molecule has 1 atom stereocenters. The van der Waals surface area contributed by atoms with E-state index in [2.05, 4.69) is 76.5 Å². The SMILES string of the molecule is CN(C)CCn1cc(-c2cc([C@@](C)(c3ccc(-c4cnc(N)nc4)cc3)C3CC3)no2)cn1. The molecule has 8 heteroatoms. The van der Waals surface area contributed by atoms with Crippen LogP contribution in [0.15, 0.2) is 59.6 Å². The lowest BCUT2D eigenvalue weighted by atomic mass is 9.74. The predicted molar refractivity (Wildman–Crippen MR) is 127 cm³/mol. The molecule has 33 heavy (non-hydrogen) atoms. The summed E-state index contributed by atoms with van der Waals surface area (Å²) in [6.45, 7) is 4.04. The van der Waals surface area contributed by atoms with E-state index in [1.54, 1.807) is 12.4 Å². The smallest absolute Gasteiger partial charge is 0.219 e. The molecule has 0 aliphatic heterocycles. The lowest BCUT2D eigenvalue weighted by Gasteiger charge is -2.28. The molecule has 1 aliphatic carbocycles. The number of anilines is 1.